The molecular formula is C13H14ClN. The van der Waals surface area contributed by atoms with Crippen LogP contribution < -0.4 is 0 Å². The maximum Gasteiger partial charge on any atom is 0.0704 e. The molecule has 0 N–H and O–H groups in total. The Bertz CT molecular complexity index is 446. The summed E-state index contributed by atoms with van der Waals surface area (Å²) >= 11 is 5.96. The van der Waals surface area contributed by atoms with E-state index in [9.17, 15) is 0 Å². The van der Waals surface area contributed by atoms with Crippen molar-refractivity contribution in [3.05, 3.63) is 42.1 Å². The van der Waals surface area contributed by atoms with Crippen LogP contribution in [0.1, 0.15) is 18.9 Å². The molecule has 0 fully saturated rings. The smallest absolute Gasteiger partial charge is 0.0704 e. The first-order valence-electron chi connectivity index (χ1n) is 5.24. The van der Waals surface area contributed by atoms with Crippen molar-refractivity contribution < 1.29 is 0 Å². The number of halogens is 1. The fourth-order valence-electron chi connectivity index (χ4n) is 1.74. The number of aromatic nitrogens is 1. The van der Waals surface area contributed by atoms with Gasteiger partial charge in [-0.1, -0.05) is 18.2 Å². The highest BCUT2D eigenvalue weighted by atomic mass is 35.5. The summed E-state index contributed by atoms with van der Waals surface area (Å²) in [6.45, 7) is 2.03. The van der Waals surface area contributed by atoms with E-state index >= 15 is 0 Å². The zero-order valence-electron chi connectivity index (χ0n) is 8.78. The second-order valence-corrected chi connectivity index (χ2v) is 4.55. The lowest BCUT2D eigenvalue weighted by Crippen LogP contribution is -1.95. The van der Waals surface area contributed by atoms with Crippen molar-refractivity contribution >= 4 is 22.5 Å². The van der Waals surface area contributed by atoms with E-state index in [-0.39, 0.29) is 5.38 Å². The lowest BCUT2D eigenvalue weighted by atomic mass is 10.0. The molecule has 0 saturated heterocycles. The van der Waals surface area contributed by atoms with Gasteiger partial charge in [0.15, 0.2) is 0 Å². The molecule has 0 aliphatic carbocycles. The molecule has 0 bridgehead atoms. The zero-order chi connectivity index (χ0) is 10.7. The summed E-state index contributed by atoms with van der Waals surface area (Å²) in [5, 5.41) is 1.48. The van der Waals surface area contributed by atoms with Crippen molar-refractivity contribution in [3.63, 3.8) is 0 Å². The van der Waals surface area contributed by atoms with Crippen molar-refractivity contribution in [1.29, 1.82) is 0 Å². The molecule has 2 rings (SSSR count). The SMILES string of the molecule is CC(Cl)CCc1cccc2ncccc12. The number of aryl methyl sites for hydroxylation is 1. The van der Waals surface area contributed by atoms with Crippen molar-refractivity contribution in [2.24, 2.45) is 0 Å². The molecule has 1 unspecified atom stereocenters. The second kappa shape index (κ2) is 4.63. The Morgan fingerprint density at radius 3 is 2.93 bits per heavy atom. The molecule has 0 spiro atoms. The van der Waals surface area contributed by atoms with Crippen LogP contribution in [-0.2, 0) is 6.42 Å². The first-order valence-corrected chi connectivity index (χ1v) is 5.67. The Balaban J connectivity index is 2.34. The van der Waals surface area contributed by atoms with Crippen LogP contribution in [0.2, 0.25) is 0 Å². The third-order valence-electron chi connectivity index (χ3n) is 2.55. The summed E-state index contributed by atoms with van der Waals surface area (Å²) in [6.07, 6.45) is 3.86. The maximum atomic E-state index is 5.96. The number of hydrogen-bond acceptors (Lipinski definition) is 1. The minimum absolute atomic E-state index is 0.233. The van der Waals surface area contributed by atoms with E-state index in [4.69, 9.17) is 11.6 Å². The Morgan fingerprint density at radius 1 is 1.27 bits per heavy atom. The molecule has 0 amide bonds. The molecule has 1 aromatic carbocycles. The van der Waals surface area contributed by atoms with Crippen LogP contribution in [-0.4, -0.2) is 10.4 Å². The Labute approximate surface area is 95.1 Å². The average molecular weight is 220 g/mol. The summed E-state index contributed by atoms with van der Waals surface area (Å²) in [7, 11) is 0. The third kappa shape index (κ3) is 2.48. The summed E-state index contributed by atoms with van der Waals surface area (Å²) in [5.74, 6) is 0. The monoisotopic (exact) mass is 219 g/mol. The van der Waals surface area contributed by atoms with Crippen LogP contribution in [0, 0.1) is 0 Å². The summed E-state index contributed by atoms with van der Waals surface area (Å²) in [5.41, 5.74) is 2.41. The van der Waals surface area contributed by atoms with Crippen LogP contribution in [0.25, 0.3) is 10.9 Å². The molecule has 2 aromatic rings. The number of benzene rings is 1. The van der Waals surface area contributed by atoms with E-state index in [0.29, 0.717) is 0 Å². The van der Waals surface area contributed by atoms with Gasteiger partial charge in [-0.3, -0.25) is 4.98 Å². The van der Waals surface area contributed by atoms with E-state index in [1.165, 1.54) is 10.9 Å². The highest BCUT2D eigenvalue weighted by Crippen LogP contribution is 2.19. The number of nitrogens with zero attached hydrogens (tertiary/aromatic N) is 1. The van der Waals surface area contributed by atoms with E-state index < -0.39 is 0 Å². The summed E-state index contributed by atoms with van der Waals surface area (Å²) in [4.78, 5) is 4.34. The zero-order valence-corrected chi connectivity index (χ0v) is 9.54. The van der Waals surface area contributed by atoms with Gasteiger partial charge in [-0.15, -0.1) is 11.6 Å². The van der Waals surface area contributed by atoms with Gasteiger partial charge in [0.05, 0.1) is 5.52 Å². The van der Waals surface area contributed by atoms with Gasteiger partial charge in [-0.25, -0.2) is 0 Å². The largest absolute Gasteiger partial charge is 0.256 e. The van der Waals surface area contributed by atoms with Gasteiger partial charge in [0.1, 0.15) is 0 Å². The van der Waals surface area contributed by atoms with Gasteiger partial charge in [0.25, 0.3) is 0 Å². The topological polar surface area (TPSA) is 12.9 Å². The normalized spacial score (nSPS) is 12.9. The van der Waals surface area contributed by atoms with E-state index in [2.05, 4.69) is 23.2 Å². The number of rotatable bonds is 3. The molecule has 0 aliphatic heterocycles. The minimum Gasteiger partial charge on any atom is -0.256 e. The fourth-order valence-corrected chi connectivity index (χ4v) is 1.85. The summed E-state index contributed by atoms with van der Waals surface area (Å²) < 4.78 is 0. The van der Waals surface area contributed by atoms with E-state index in [1.54, 1.807) is 0 Å². The predicted molar refractivity (Wildman–Crippen MR) is 65.4 cm³/mol. The average Bonchev–Trinajstić information content (AvgIpc) is 2.26. The van der Waals surface area contributed by atoms with E-state index in [1.807, 2.05) is 25.3 Å². The highest BCUT2D eigenvalue weighted by Gasteiger charge is 2.02. The Morgan fingerprint density at radius 2 is 2.13 bits per heavy atom. The lowest BCUT2D eigenvalue weighted by Gasteiger charge is -2.06. The van der Waals surface area contributed by atoms with Gasteiger partial charge >= 0.3 is 0 Å². The molecule has 1 nitrogen and oxygen atoms in total. The van der Waals surface area contributed by atoms with Gasteiger partial charge in [0.2, 0.25) is 0 Å². The Kier molecular flexibility index (Phi) is 3.22. The predicted octanol–water partition coefficient (Wildman–Crippen LogP) is 3.79. The van der Waals surface area contributed by atoms with Gasteiger partial charge in [-0.05, 0) is 37.5 Å². The molecule has 78 valence electrons. The van der Waals surface area contributed by atoms with Crippen LogP contribution >= 0.6 is 11.6 Å². The molecule has 0 radical (unpaired) electrons. The standard InChI is InChI=1S/C13H14ClN/c1-10(14)7-8-11-4-2-6-13-12(11)5-3-9-15-13/h2-6,9-10H,7-8H2,1H3. The molecule has 0 aliphatic rings. The van der Waals surface area contributed by atoms with Gasteiger partial charge in [-0.2, -0.15) is 0 Å². The lowest BCUT2D eigenvalue weighted by molar-refractivity contribution is 0.807. The third-order valence-corrected chi connectivity index (χ3v) is 2.77. The number of alkyl halides is 1. The molecular weight excluding hydrogens is 206 g/mol. The molecule has 0 saturated carbocycles. The van der Waals surface area contributed by atoms with Crippen molar-refractivity contribution in [2.45, 2.75) is 25.1 Å². The number of hydrogen-bond donors (Lipinski definition) is 0. The molecule has 1 atom stereocenters. The number of fused-ring (bicyclic) bond motifs is 1. The summed E-state index contributed by atoms with van der Waals surface area (Å²) in [6, 6.07) is 10.4. The first kappa shape index (κ1) is 10.4. The van der Waals surface area contributed by atoms with Gasteiger partial charge < -0.3 is 0 Å². The Hall–Kier alpha value is -1.08. The fraction of sp³-hybridized carbons (Fsp3) is 0.308. The maximum absolute atomic E-state index is 5.96. The van der Waals surface area contributed by atoms with Crippen molar-refractivity contribution in [1.82, 2.24) is 4.98 Å². The molecule has 1 aromatic heterocycles. The van der Waals surface area contributed by atoms with Crippen molar-refractivity contribution in [3.8, 4) is 0 Å². The van der Waals surface area contributed by atoms with Crippen LogP contribution in [0.15, 0.2) is 36.5 Å². The van der Waals surface area contributed by atoms with Gasteiger partial charge in [0, 0.05) is 17.0 Å². The van der Waals surface area contributed by atoms with Crippen molar-refractivity contribution in [2.75, 3.05) is 0 Å². The molecule has 2 heteroatoms. The number of pyridine rings is 1. The van der Waals surface area contributed by atoms with Crippen LogP contribution in [0.5, 0.6) is 0 Å². The molecule has 15 heavy (non-hydrogen) atoms. The first-order chi connectivity index (χ1) is 7.27. The van der Waals surface area contributed by atoms with Crippen LogP contribution in [0.3, 0.4) is 0 Å². The quantitative estimate of drug-likeness (QED) is 0.716. The second-order valence-electron chi connectivity index (χ2n) is 3.81. The molecule has 1 heterocycles. The van der Waals surface area contributed by atoms with E-state index in [0.717, 1.165) is 18.4 Å². The minimum atomic E-state index is 0.233. The highest BCUT2D eigenvalue weighted by molar-refractivity contribution is 6.20. The van der Waals surface area contributed by atoms with Crippen LogP contribution in [0.4, 0.5) is 0 Å².